The first kappa shape index (κ1) is 30.6. The molecule has 1 heteroatoms. The third kappa shape index (κ3) is 5.08. The fraction of sp³-hybridized carbons (Fsp3) is 0.0980. The third-order valence-electron chi connectivity index (χ3n) is 11.7. The van der Waals surface area contributed by atoms with E-state index in [0.717, 1.165) is 37.1 Å². The summed E-state index contributed by atoms with van der Waals surface area (Å²) < 4.78 is 0. The van der Waals surface area contributed by atoms with E-state index in [1.165, 1.54) is 72.1 Å². The molecule has 0 bridgehead atoms. The van der Waals surface area contributed by atoms with Crippen molar-refractivity contribution in [3.63, 3.8) is 0 Å². The molecule has 0 fully saturated rings. The summed E-state index contributed by atoms with van der Waals surface area (Å²) in [6.45, 7) is 0. The molecule has 0 aliphatic heterocycles. The molecule has 0 radical (unpaired) electrons. The molecule has 0 heterocycles. The molecule has 0 N–H and O–H groups in total. The van der Waals surface area contributed by atoms with Gasteiger partial charge in [-0.25, -0.2) is 0 Å². The van der Waals surface area contributed by atoms with E-state index in [0.29, 0.717) is 0 Å². The van der Waals surface area contributed by atoms with Gasteiger partial charge in [0.2, 0.25) is 0 Å². The number of rotatable bonds is 4. The maximum atomic E-state index is 2.54. The minimum Gasteiger partial charge on any atom is -0.310 e. The summed E-state index contributed by atoms with van der Waals surface area (Å²) >= 11 is 0. The molecule has 0 amide bonds. The topological polar surface area (TPSA) is 3.24 Å². The van der Waals surface area contributed by atoms with Crippen LogP contribution >= 0.6 is 0 Å². The Kier molecular flexibility index (Phi) is 7.39. The van der Waals surface area contributed by atoms with Gasteiger partial charge in [0, 0.05) is 22.5 Å². The van der Waals surface area contributed by atoms with Crippen LogP contribution in [0.15, 0.2) is 188 Å². The molecular weight excluding hydrogens is 627 g/mol. The smallest absolute Gasteiger partial charge is 0.0468 e. The lowest BCUT2D eigenvalue weighted by Gasteiger charge is -2.34. The van der Waals surface area contributed by atoms with Crippen molar-refractivity contribution < 1.29 is 0 Å². The largest absolute Gasteiger partial charge is 0.310 e. The van der Waals surface area contributed by atoms with Crippen LogP contribution in [0.3, 0.4) is 0 Å². The van der Waals surface area contributed by atoms with Crippen LogP contribution in [0.2, 0.25) is 0 Å². The summed E-state index contributed by atoms with van der Waals surface area (Å²) in [6.07, 6.45) is 4.17. The predicted molar refractivity (Wildman–Crippen MR) is 219 cm³/mol. The van der Waals surface area contributed by atoms with Crippen LogP contribution in [-0.2, 0) is 18.3 Å². The molecule has 0 atom stereocenters. The minimum absolute atomic E-state index is 0.118. The van der Waals surface area contributed by atoms with E-state index in [-0.39, 0.29) is 5.41 Å². The van der Waals surface area contributed by atoms with Gasteiger partial charge in [-0.1, -0.05) is 152 Å². The van der Waals surface area contributed by atoms with Crippen LogP contribution in [0.4, 0.5) is 17.1 Å². The Morgan fingerprint density at radius 1 is 0.346 bits per heavy atom. The molecule has 8 aromatic rings. The predicted octanol–water partition coefficient (Wildman–Crippen LogP) is 13.5. The van der Waals surface area contributed by atoms with Gasteiger partial charge in [-0.2, -0.15) is 0 Å². The first-order chi connectivity index (χ1) is 25.7. The van der Waals surface area contributed by atoms with Crippen LogP contribution in [0.1, 0.15) is 35.1 Å². The third-order valence-corrected chi connectivity index (χ3v) is 11.7. The lowest BCUT2D eigenvalue weighted by atomic mass is 9.70. The number of hydrogen-bond acceptors (Lipinski definition) is 1. The number of hydrogen-bond donors (Lipinski definition) is 0. The number of fused-ring (bicyclic) bond motifs is 9. The van der Waals surface area contributed by atoms with Crippen LogP contribution in [0, 0.1) is 0 Å². The first-order valence-electron chi connectivity index (χ1n) is 18.6. The van der Waals surface area contributed by atoms with Crippen molar-refractivity contribution in [1.82, 2.24) is 0 Å². The van der Waals surface area contributed by atoms with E-state index in [9.17, 15) is 0 Å². The van der Waals surface area contributed by atoms with Gasteiger partial charge in [0.05, 0.1) is 0 Å². The van der Waals surface area contributed by atoms with Crippen LogP contribution in [-0.4, -0.2) is 0 Å². The van der Waals surface area contributed by atoms with Gasteiger partial charge in [-0.15, -0.1) is 0 Å². The molecule has 2 aliphatic carbocycles. The van der Waals surface area contributed by atoms with Gasteiger partial charge in [-0.05, 0) is 128 Å². The lowest BCUT2D eigenvalue weighted by molar-refractivity contribution is 0.448. The van der Waals surface area contributed by atoms with Gasteiger partial charge in [-0.3, -0.25) is 0 Å². The molecule has 248 valence electrons. The quantitative estimate of drug-likeness (QED) is 0.181. The number of benzene rings is 8. The zero-order valence-electron chi connectivity index (χ0n) is 29.2. The number of anilines is 3. The number of nitrogens with zero attached hydrogens (tertiary/aromatic N) is 1. The fourth-order valence-electron chi connectivity index (χ4n) is 9.16. The molecule has 1 spiro atoms. The minimum atomic E-state index is -0.118. The Balaban J connectivity index is 1.17. The summed E-state index contributed by atoms with van der Waals surface area (Å²) in [5.74, 6) is 0. The summed E-state index contributed by atoms with van der Waals surface area (Å²) in [5, 5.41) is 2.49. The lowest BCUT2D eigenvalue weighted by Crippen LogP contribution is -2.27. The molecule has 52 heavy (non-hydrogen) atoms. The highest BCUT2D eigenvalue weighted by atomic mass is 15.1. The Morgan fingerprint density at radius 2 is 0.904 bits per heavy atom. The Morgan fingerprint density at radius 3 is 1.67 bits per heavy atom. The van der Waals surface area contributed by atoms with Gasteiger partial charge in [0.15, 0.2) is 0 Å². The maximum absolute atomic E-state index is 2.54. The van der Waals surface area contributed by atoms with Gasteiger partial charge in [0.1, 0.15) is 0 Å². The molecular formula is C51H39N. The van der Waals surface area contributed by atoms with Crippen molar-refractivity contribution in [3.05, 3.63) is 210 Å². The molecule has 0 aromatic heterocycles. The van der Waals surface area contributed by atoms with Crippen molar-refractivity contribution in [2.24, 2.45) is 0 Å². The normalized spacial score (nSPS) is 14.0. The second-order valence-corrected chi connectivity index (χ2v) is 14.5. The highest BCUT2D eigenvalue weighted by molar-refractivity contribution is 5.91. The van der Waals surface area contributed by atoms with Crippen molar-refractivity contribution in [3.8, 4) is 33.4 Å². The van der Waals surface area contributed by atoms with Crippen molar-refractivity contribution in [2.45, 2.75) is 31.1 Å². The fourth-order valence-corrected chi connectivity index (χ4v) is 9.16. The van der Waals surface area contributed by atoms with Gasteiger partial charge in [0.25, 0.3) is 0 Å². The Bertz CT molecular complexity index is 2550. The van der Waals surface area contributed by atoms with Crippen molar-refractivity contribution in [1.29, 1.82) is 0 Å². The Labute approximate surface area is 306 Å². The van der Waals surface area contributed by atoms with Crippen LogP contribution in [0.5, 0.6) is 0 Å². The van der Waals surface area contributed by atoms with Gasteiger partial charge < -0.3 is 4.90 Å². The van der Waals surface area contributed by atoms with E-state index < -0.39 is 0 Å². The molecule has 0 unspecified atom stereocenters. The SMILES string of the molecule is c1ccc(-c2cccc(N(c3ccc4c(c3)C3(CCc5ccccc5-c5ccccc5CC3)c3ccccc3-4)c3ccc4ccccc4c3)c2)cc1. The summed E-state index contributed by atoms with van der Waals surface area (Å²) in [4.78, 5) is 2.47. The second kappa shape index (κ2) is 12.5. The molecule has 0 saturated heterocycles. The summed E-state index contributed by atoms with van der Waals surface area (Å²) in [7, 11) is 0. The van der Waals surface area contributed by atoms with Crippen LogP contribution in [0.25, 0.3) is 44.2 Å². The zero-order chi connectivity index (χ0) is 34.5. The van der Waals surface area contributed by atoms with Crippen molar-refractivity contribution in [2.75, 3.05) is 4.90 Å². The highest BCUT2D eigenvalue weighted by Gasteiger charge is 2.43. The molecule has 10 rings (SSSR count). The Hall–Kier alpha value is -6.18. The summed E-state index contributed by atoms with van der Waals surface area (Å²) in [6, 6.07) is 70.0. The van der Waals surface area contributed by atoms with Crippen LogP contribution < -0.4 is 4.90 Å². The maximum Gasteiger partial charge on any atom is 0.0468 e. The molecule has 8 aromatic carbocycles. The average Bonchev–Trinajstić information content (AvgIpc) is 3.52. The monoisotopic (exact) mass is 665 g/mol. The van der Waals surface area contributed by atoms with Crippen molar-refractivity contribution >= 4 is 27.8 Å². The molecule has 2 aliphatic rings. The number of aryl methyl sites for hydroxylation is 2. The van der Waals surface area contributed by atoms with Gasteiger partial charge >= 0.3 is 0 Å². The second-order valence-electron chi connectivity index (χ2n) is 14.5. The standard InChI is InChI=1S/C51H39N/c1-2-13-36(14-3-1)41-19-12-20-42(33-41)52(43-26-25-37-15-4-5-18-40(37)34-43)44-27-28-48-47-23-10-11-24-49(47)51(50(48)35-44)31-29-38-16-6-8-21-45(38)46-22-9-7-17-39(46)30-32-51/h1-28,33-35H,29-32H2. The van der Waals surface area contributed by atoms with E-state index >= 15 is 0 Å². The van der Waals surface area contributed by atoms with E-state index in [1.54, 1.807) is 0 Å². The van der Waals surface area contributed by atoms with E-state index in [1.807, 2.05) is 0 Å². The van der Waals surface area contributed by atoms with E-state index in [2.05, 4.69) is 193 Å². The molecule has 1 nitrogen and oxygen atoms in total. The van der Waals surface area contributed by atoms with E-state index in [4.69, 9.17) is 0 Å². The summed E-state index contributed by atoms with van der Waals surface area (Å²) in [5.41, 5.74) is 17.1. The zero-order valence-corrected chi connectivity index (χ0v) is 29.2. The average molecular weight is 666 g/mol. The highest BCUT2D eigenvalue weighted by Crippen LogP contribution is 2.56. The first-order valence-corrected chi connectivity index (χ1v) is 18.6. The molecule has 0 saturated carbocycles.